The Kier molecular flexibility index (Phi) is 5.15. The molecule has 0 radical (unpaired) electrons. The summed E-state index contributed by atoms with van der Waals surface area (Å²) in [5, 5.41) is 8.99. The van der Waals surface area contributed by atoms with Crippen molar-refractivity contribution in [3.8, 4) is 0 Å². The molecule has 8 heteroatoms. The minimum Gasteiger partial charge on any atom is -0.392 e. The van der Waals surface area contributed by atoms with Crippen LogP contribution in [0.2, 0.25) is 0 Å². The molecule has 0 saturated carbocycles. The number of aliphatic hydroxyl groups is 1. The fraction of sp³-hybridized carbons (Fsp3) is 0.333. The Hall–Kier alpha value is -0.400. The van der Waals surface area contributed by atoms with Crippen LogP contribution < -0.4 is 4.72 Å². The second kappa shape index (κ2) is 5.97. The molecule has 0 aliphatic carbocycles. The number of hydrogen-bond acceptors (Lipinski definition) is 3. The number of hydrogen-bond donors (Lipinski definition) is 2. The quantitative estimate of drug-likeness (QED) is 0.810. The Morgan fingerprint density at radius 3 is 2.59 bits per heavy atom. The number of aliphatic hydroxyl groups excluding tert-OH is 1. The van der Waals surface area contributed by atoms with Crippen LogP contribution in [-0.2, 0) is 23.2 Å². The van der Waals surface area contributed by atoms with Crippen molar-refractivity contribution >= 4 is 33.2 Å². The molecule has 1 aromatic carbocycles. The molecule has 1 rings (SSSR count). The van der Waals surface area contributed by atoms with Gasteiger partial charge in [0.05, 0.1) is 6.61 Å². The maximum absolute atomic E-state index is 13.4. The van der Waals surface area contributed by atoms with E-state index in [0.717, 1.165) is 0 Å². The Morgan fingerprint density at radius 2 is 2.06 bits per heavy atom. The van der Waals surface area contributed by atoms with Crippen LogP contribution in [0.3, 0.4) is 0 Å². The zero-order valence-electron chi connectivity index (χ0n) is 8.53. The predicted octanol–water partition coefficient (Wildman–Crippen LogP) is 1.50. The summed E-state index contributed by atoms with van der Waals surface area (Å²) in [4.78, 5) is 0. The summed E-state index contributed by atoms with van der Waals surface area (Å²) >= 11 is 10.4. The smallest absolute Gasteiger partial charge is 0.243 e. The van der Waals surface area contributed by atoms with E-state index in [1.54, 1.807) is 0 Å². The van der Waals surface area contributed by atoms with Crippen LogP contribution in [0.5, 0.6) is 0 Å². The maximum atomic E-state index is 13.4. The fourth-order valence-corrected chi connectivity index (χ4v) is 2.03. The first-order valence-electron chi connectivity index (χ1n) is 4.52. The van der Waals surface area contributed by atoms with E-state index in [1.165, 1.54) is 18.2 Å². The Morgan fingerprint density at radius 1 is 1.41 bits per heavy atom. The van der Waals surface area contributed by atoms with Crippen LogP contribution >= 0.6 is 23.2 Å². The first kappa shape index (κ1) is 14.7. The number of nitrogens with one attached hydrogen (secondary N) is 1. The van der Waals surface area contributed by atoms with Crippen molar-refractivity contribution < 1.29 is 17.9 Å². The van der Waals surface area contributed by atoms with Crippen molar-refractivity contribution in [1.29, 1.82) is 0 Å². The molecule has 0 aliphatic heterocycles. The standard InChI is InChI=1S/C9H10Cl2FNO3S/c10-9(11)17(15,16)13-4-7-6(5-14)2-1-3-8(7)12/h1-3,9,13-14H,4-5H2. The van der Waals surface area contributed by atoms with Gasteiger partial charge in [0.15, 0.2) is 0 Å². The highest BCUT2D eigenvalue weighted by Crippen LogP contribution is 2.15. The monoisotopic (exact) mass is 301 g/mol. The summed E-state index contributed by atoms with van der Waals surface area (Å²) in [6, 6.07) is 4.08. The van der Waals surface area contributed by atoms with E-state index in [1.807, 2.05) is 4.72 Å². The van der Waals surface area contributed by atoms with Gasteiger partial charge in [-0.25, -0.2) is 17.5 Å². The van der Waals surface area contributed by atoms with Gasteiger partial charge in [-0.3, -0.25) is 0 Å². The molecule has 0 aromatic heterocycles. The molecule has 0 fully saturated rings. The van der Waals surface area contributed by atoms with Gasteiger partial charge in [-0.15, -0.1) is 0 Å². The summed E-state index contributed by atoms with van der Waals surface area (Å²) in [5.41, 5.74) is 0.362. The Bertz CT molecular complexity index is 493. The van der Waals surface area contributed by atoms with Gasteiger partial charge in [-0.2, -0.15) is 0 Å². The van der Waals surface area contributed by atoms with Crippen molar-refractivity contribution in [3.05, 3.63) is 35.1 Å². The lowest BCUT2D eigenvalue weighted by Crippen LogP contribution is -2.28. The SMILES string of the molecule is O=S(=O)(NCc1c(F)cccc1CO)C(Cl)Cl. The minimum absolute atomic E-state index is 0.0626. The maximum Gasteiger partial charge on any atom is 0.243 e. The third-order valence-electron chi connectivity index (χ3n) is 2.07. The largest absolute Gasteiger partial charge is 0.392 e. The fourth-order valence-electron chi connectivity index (χ4n) is 1.19. The summed E-state index contributed by atoms with van der Waals surface area (Å²) in [6.07, 6.45) is 0. The highest BCUT2D eigenvalue weighted by atomic mass is 35.5. The summed E-state index contributed by atoms with van der Waals surface area (Å²) in [6.45, 7) is -0.708. The Labute approximate surface area is 108 Å². The van der Waals surface area contributed by atoms with Gasteiger partial charge < -0.3 is 5.11 Å². The third-order valence-corrected chi connectivity index (χ3v) is 4.49. The highest BCUT2D eigenvalue weighted by molar-refractivity contribution is 7.92. The molecule has 0 unspecified atom stereocenters. The zero-order valence-corrected chi connectivity index (χ0v) is 10.9. The average molecular weight is 302 g/mol. The lowest BCUT2D eigenvalue weighted by atomic mass is 10.1. The molecule has 2 N–H and O–H groups in total. The number of alkyl halides is 2. The van der Waals surface area contributed by atoms with Crippen LogP contribution in [0.15, 0.2) is 18.2 Å². The molecule has 17 heavy (non-hydrogen) atoms. The number of halogens is 3. The van der Waals surface area contributed by atoms with Crippen molar-refractivity contribution in [2.24, 2.45) is 0 Å². The summed E-state index contributed by atoms with van der Waals surface area (Å²) < 4.78 is 36.3. The van der Waals surface area contributed by atoms with Gasteiger partial charge in [0.25, 0.3) is 0 Å². The van der Waals surface area contributed by atoms with Gasteiger partial charge in [0, 0.05) is 12.1 Å². The highest BCUT2D eigenvalue weighted by Gasteiger charge is 2.20. The van der Waals surface area contributed by atoms with Gasteiger partial charge in [0.1, 0.15) is 5.82 Å². The second-order valence-corrected chi connectivity index (χ2v) is 6.63. The topological polar surface area (TPSA) is 66.4 Å². The molecule has 0 heterocycles. The lowest BCUT2D eigenvalue weighted by molar-refractivity contribution is 0.279. The van der Waals surface area contributed by atoms with Crippen molar-refractivity contribution in [2.45, 2.75) is 17.3 Å². The van der Waals surface area contributed by atoms with Crippen molar-refractivity contribution in [2.75, 3.05) is 0 Å². The molecular weight excluding hydrogens is 292 g/mol. The minimum atomic E-state index is -3.91. The van der Waals surface area contributed by atoms with Gasteiger partial charge in [-0.1, -0.05) is 35.3 Å². The third kappa shape index (κ3) is 3.79. The molecule has 0 amide bonds. The molecule has 0 atom stereocenters. The normalized spacial score (nSPS) is 12.1. The van der Waals surface area contributed by atoms with Gasteiger partial charge in [-0.05, 0) is 11.6 Å². The summed E-state index contributed by atoms with van der Waals surface area (Å²) in [7, 11) is -3.91. The zero-order chi connectivity index (χ0) is 13.1. The molecule has 0 spiro atoms. The first-order valence-corrected chi connectivity index (χ1v) is 6.94. The first-order chi connectivity index (χ1) is 7.88. The van der Waals surface area contributed by atoms with Gasteiger partial charge >= 0.3 is 0 Å². The van der Waals surface area contributed by atoms with E-state index in [-0.39, 0.29) is 18.7 Å². The van der Waals surface area contributed by atoms with Crippen LogP contribution in [0, 0.1) is 5.82 Å². The van der Waals surface area contributed by atoms with E-state index in [4.69, 9.17) is 28.3 Å². The number of benzene rings is 1. The molecule has 1 aromatic rings. The molecule has 0 saturated heterocycles. The van der Waals surface area contributed by atoms with Crippen LogP contribution in [0.1, 0.15) is 11.1 Å². The molecule has 0 aliphatic rings. The van der Waals surface area contributed by atoms with E-state index < -0.39 is 20.0 Å². The Balaban J connectivity index is 2.90. The second-order valence-electron chi connectivity index (χ2n) is 3.16. The number of rotatable bonds is 5. The molecule has 0 bridgehead atoms. The average Bonchev–Trinajstić information content (AvgIpc) is 2.26. The van der Waals surface area contributed by atoms with Crippen molar-refractivity contribution in [1.82, 2.24) is 4.72 Å². The van der Waals surface area contributed by atoms with E-state index in [2.05, 4.69) is 0 Å². The lowest BCUT2D eigenvalue weighted by Gasteiger charge is -2.10. The molecule has 96 valence electrons. The van der Waals surface area contributed by atoms with Crippen LogP contribution in [0.25, 0.3) is 0 Å². The summed E-state index contributed by atoms with van der Waals surface area (Å²) in [5.74, 6) is -0.611. The van der Waals surface area contributed by atoms with Crippen LogP contribution in [0.4, 0.5) is 4.39 Å². The molecule has 4 nitrogen and oxygen atoms in total. The van der Waals surface area contributed by atoms with E-state index >= 15 is 0 Å². The van der Waals surface area contributed by atoms with E-state index in [9.17, 15) is 12.8 Å². The van der Waals surface area contributed by atoms with Gasteiger partial charge in [0.2, 0.25) is 14.2 Å². The number of sulfonamides is 1. The van der Waals surface area contributed by atoms with Crippen molar-refractivity contribution in [3.63, 3.8) is 0 Å². The molecular formula is C9H10Cl2FNO3S. The van der Waals surface area contributed by atoms with Crippen LogP contribution in [-0.4, -0.2) is 17.7 Å². The predicted molar refractivity (Wildman–Crippen MR) is 63.6 cm³/mol. The van der Waals surface area contributed by atoms with E-state index in [0.29, 0.717) is 5.56 Å².